The highest BCUT2D eigenvalue weighted by Crippen LogP contribution is 2.38. The Kier molecular flexibility index (Phi) is 9.48. The Morgan fingerprint density at radius 1 is 1.15 bits per heavy atom. The van der Waals surface area contributed by atoms with Gasteiger partial charge in [0, 0.05) is 13.1 Å². The lowest BCUT2D eigenvalue weighted by molar-refractivity contribution is 0.140. The van der Waals surface area contributed by atoms with Crippen LogP contribution in [0, 0.1) is 0 Å². The van der Waals surface area contributed by atoms with Gasteiger partial charge in [-0.3, -0.25) is 0 Å². The topological polar surface area (TPSA) is 96.5 Å². The molecule has 4 rings (SSSR count). The molecule has 0 saturated heterocycles. The largest absolute Gasteiger partial charge is 0.494 e. The average molecular weight is 594 g/mol. The second kappa shape index (κ2) is 12.7. The number of aromatic nitrogens is 2. The zero-order chi connectivity index (χ0) is 29.0. The third-order valence-corrected chi connectivity index (χ3v) is 9.54. The van der Waals surface area contributed by atoms with E-state index in [2.05, 4.69) is 20.6 Å². The maximum absolute atomic E-state index is 13.0. The maximum atomic E-state index is 13.0. The molecule has 216 valence electrons. The Balaban J connectivity index is 1.62. The normalized spacial score (nSPS) is 15.6. The molecule has 3 aromatic rings. The summed E-state index contributed by atoms with van der Waals surface area (Å²) in [5.74, 6) is 1.22. The van der Waals surface area contributed by atoms with Gasteiger partial charge in [-0.25, -0.2) is 22.2 Å². The number of sulfone groups is 1. The summed E-state index contributed by atoms with van der Waals surface area (Å²) in [5.41, 5.74) is 3.23. The molecule has 8 nitrogen and oxygen atoms in total. The van der Waals surface area contributed by atoms with E-state index >= 15 is 0 Å². The number of methoxy groups -OCH3 is 1. The summed E-state index contributed by atoms with van der Waals surface area (Å²) in [6.07, 6.45) is 1.97. The lowest BCUT2D eigenvalue weighted by Gasteiger charge is -2.23. The highest BCUT2D eigenvalue weighted by molar-refractivity contribution is 7.92. The van der Waals surface area contributed by atoms with E-state index in [1.165, 1.54) is 6.20 Å². The maximum Gasteiger partial charge on any atom is 0.250 e. The number of fused-ring (bicyclic) bond motifs is 1. The van der Waals surface area contributed by atoms with Crippen LogP contribution in [0.25, 0.3) is 0 Å². The monoisotopic (exact) mass is 593 g/mol. The number of alkyl halides is 2. The van der Waals surface area contributed by atoms with Crippen LogP contribution in [-0.4, -0.2) is 56.8 Å². The minimum atomic E-state index is -3.57. The summed E-state index contributed by atoms with van der Waals surface area (Å²) in [6, 6.07) is 10.6. The Morgan fingerprint density at radius 2 is 1.88 bits per heavy atom. The van der Waals surface area contributed by atoms with Gasteiger partial charge in [-0.1, -0.05) is 29.8 Å². The molecular weight excluding hydrogens is 560 g/mol. The molecule has 0 aliphatic heterocycles. The van der Waals surface area contributed by atoms with E-state index in [0.717, 1.165) is 24.0 Å². The molecule has 0 spiro atoms. The molecule has 1 aromatic heterocycles. The van der Waals surface area contributed by atoms with Crippen LogP contribution in [0.15, 0.2) is 47.5 Å². The second-order valence-corrected chi connectivity index (χ2v) is 12.8. The molecule has 1 heterocycles. The number of benzene rings is 2. The Bertz CT molecular complexity index is 1460. The van der Waals surface area contributed by atoms with E-state index in [1.807, 2.05) is 12.1 Å². The summed E-state index contributed by atoms with van der Waals surface area (Å²) >= 11 is 6.48. The van der Waals surface area contributed by atoms with Crippen molar-refractivity contribution in [3.8, 4) is 5.75 Å². The molecule has 2 N–H and O–H groups in total. The third kappa shape index (κ3) is 6.47. The van der Waals surface area contributed by atoms with Gasteiger partial charge in [0.15, 0.2) is 15.7 Å². The summed E-state index contributed by atoms with van der Waals surface area (Å²) in [4.78, 5) is 10.8. The third-order valence-electron chi connectivity index (χ3n) is 7.07. The van der Waals surface area contributed by atoms with Crippen LogP contribution >= 0.6 is 11.6 Å². The molecule has 0 saturated carbocycles. The molecule has 0 fully saturated rings. The molecule has 12 heteroatoms. The molecule has 0 radical (unpaired) electrons. The van der Waals surface area contributed by atoms with E-state index in [4.69, 9.17) is 16.3 Å². The number of aryl methyl sites for hydroxylation is 1. The standard InChI is InChI=1S/C28H34ClF2N5O3S/c1-17(2)40(37,38)24-8-6-5-7-23(24)36(3)27-21(29)15-33-28(35-27)34-22-14-10-18-9-11-19(32-16-25(30)31)12-13-20(18)26(22)39-4/h5-8,10,14-15,17,19,25,32H,9,11-13,16H2,1-4H3,(H,33,34,35). The zero-order valence-electron chi connectivity index (χ0n) is 22.9. The lowest BCUT2D eigenvalue weighted by atomic mass is 10.0. The first-order valence-electron chi connectivity index (χ1n) is 13.1. The second-order valence-electron chi connectivity index (χ2n) is 9.97. The van der Waals surface area contributed by atoms with Gasteiger partial charge < -0.3 is 20.3 Å². The number of nitrogens with zero attached hydrogens (tertiary/aromatic N) is 3. The van der Waals surface area contributed by atoms with Gasteiger partial charge in [0.05, 0.1) is 41.4 Å². The fourth-order valence-electron chi connectivity index (χ4n) is 4.88. The molecule has 2 aromatic carbocycles. The number of para-hydroxylation sites is 1. The smallest absolute Gasteiger partial charge is 0.250 e. The van der Waals surface area contributed by atoms with Crippen molar-refractivity contribution >= 4 is 44.6 Å². The van der Waals surface area contributed by atoms with Crippen molar-refractivity contribution in [3.05, 3.63) is 58.7 Å². The molecule has 1 unspecified atom stereocenters. The zero-order valence-corrected chi connectivity index (χ0v) is 24.5. The average Bonchev–Trinajstić information content (AvgIpc) is 3.14. The number of hydrogen-bond acceptors (Lipinski definition) is 8. The summed E-state index contributed by atoms with van der Waals surface area (Å²) in [5, 5.41) is 5.83. The summed E-state index contributed by atoms with van der Waals surface area (Å²) in [7, 11) is -0.275. The van der Waals surface area contributed by atoms with E-state index in [-0.39, 0.29) is 28.5 Å². The molecule has 40 heavy (non-hydrogen) atoms. The van der Waals surface area contributed by atoms with Crippen LogP contribution < -0.4 is 20.3 Å². The number of hydrogen-bond donors (Lipinski definition) is 2. The Hall–Kier alpha value is -3.02. The molecule has 1 atom stereocenters. The van der Waals surface area contributed by atoms with E-state index in [0.29, 0.717) is 35.8 Å². The van der Waals surface area contributed by atoms with Crippen LogP contribution in [0.4, 0.5) is 31.9 Å². The van der Waals surface area contributed by atoms with Crippen molar-refractivity contribution < 1.29 is 21.9 Å². The van der Waals surface area contributed by atoms with Crippen molar-refractivity contribution in [2.24, 2.45) is 0 Å². The summed E-state index contributed by atoms with van der Waals surface area (Å²) in [6.45, 7) is 2.96. The number of nitrogens with one attached hydrogen (secondary N) is 2. The minimum Gasteiger partial charge on any atom is -0.494 e. The van der Waals surface area contributed by atoms with Gasteiger partial charge in [0.1, 0.15) is 10.8 Å². The number of ether oxygens (including phenoxy) is 1. The molecular formula is C28H34ClF2N5O3S. The first kappa shape index (κ1) is 30.0. The fraction of sp³-hybridized carbons (Fsp3) is 0.429. The van der Waals surface area contributed by atoms with Crippen molar-refractivity contribution in [1.82, 2.24) is 15.3 Å². The van der Waals surface area contributed by atoms with Crippen LogP contribution in [-0.2, 0) is 22.7 Å². The van der Waals surface area contributed by atoms with Crippen molar-refractivity contribution in [2.45, 2.75) is 62.1 Å². The van der Waals surface area contributed by atoms with Crippen LogP contribution in [0.2, 0.25) is 5.02 Å². The van der Waals surface area contributed by atoms with Gasteiger partial charge in [0.25, 0.3) is 6.43 Å². The van der Waals surface area contributed by atoms with Crippen LogP contribution in [0.5, 0.6) is 5.75 Å². The first-order valence-corrected chi connectivity index (χ1v) is 15.0. The fourth-order valence-corrected chi connectivity index (χ4v) is 6.37. The van der Waals surface area contributed by atoms with E-state index in [1.54, 1.807) is 57.2 Å². The number of halogens is 3. The minimum absolute atomic E-state index is 0.00240. The first-order chi connectivity index (χ1) is 19.0. The molecule has 1 aliphatic carbocycles. The highest BCUT2D eigenvalue weighted by atomic mass is 35.5. The van der Waals surface area contributed by atoms with Gasteiger partial charge in [-0.05, 0) is 68.9 Å². The van der Waals surface area contributed by atoms with Gasteiger partial charge in [-0.15, -0.1) is 0 Å². The lowest BCUT2D eigenvalue weighted by Crippen LogP contribution is -2.33. The van der Waals surface area contributed by atoms with Crippen LogP contribution in [0.1, 0.15) is 37.8 Å². The molecule has 0 bridgehead atoms. The summed E-state index contributed by atoms with van der Waals surface area (Å²) < 4.78 is 57.2. The number of anilines is 4. The number of rotatable bonds is 10. The van der Waals surface area contributed by atoms with Gasteiger partial charge >= 0.3 is 0 Å². The van der Waals surface area contributed by atoms with Gasteiger partial charge in [0.2, 0.25) is 5.95 Å². The quantitative estimate of drug-likeness (QED) is 0.279. The van der Waals surface area contributed by atoms with E-state index < -0.39 is 21.5 Å². The SMILES string of the molecule is COc1c(Nc2ncc(Cl)c(N(C)c3ccccc3S(=O)(=O)C(C)C)n2)ccc2c1CCC(NCC(F)F)CC2. The molecule has 0 amide bonds. The van der Waals surface area contributed by atoms with Gasteiger partial charge in [-0.2, -0.15) is 4.98 Å². The highest BCUT2D eigenvalue weighted by Gasteiger charge is 2.26. The van der Waals surface area contributed by atoms with Crippen molar-refractivity contribution in [2.75, 3.05) is 30.9 Å². The Labute approximate surface area is 239 Å². The predicted molar refractivity (Wildman–Crippen MR) is 155 cm³/mol. The van der Waals surface area contributed by atoms with Crippen molar-refractivity contribution in [1.29, 1.82) is 0 Å². The Morgan fingerprint density at radius 3 is 2.58 bits per heavy atom. The van der Waals surface area contributed by atoms with Crippen molar-refractivity contribution in [3.63, 3.8) is 0 Å². The van der Waals surface area contributed by atoms with E-state index in [9.17, 15) is 17.2 Å². The molecule has 1 aliphatic rings. The predicted octanol–water partition coefficient (Wildman–Crippen LogP) is 5.93. The van der Waals surface area contributed by atoms with Crippen LogP contribution in [0.3, 0.4) is 0 Å².